The van der Waals surface area contributed by atoms with Crippen molar-refractivity contribution in [2.45, 2.75) is 32.1 Å². The first-order valence-corrected chi connectivity index (χ1v) is 7.43. The summed E-state index contributed by atoms with van der Waals surface area (Å²) in [4.78, 5) is 27.5. The van der Waals surface area contributed by atoms with Gasteiger partial charge in [0.2, 0.25) is 0 Å². The van der Waals surface area contributed by atoms with Crippen LogP contribution < -0.4 is 5.32 Å². The van der Waals surface area contributed by atoms with Gasteiger partial charge in [-0.15, -0.1) is 0 Å². The van der Waals surface area contributed by atoms with Crippen LogP contribution in [0.3, 0.4) is 0 Å². The summed E-state index contributed by atoms with van der Waals surface area (Å²) < 4.78 is 0. The summed E-state index contributed by atoms with van der Waals surface area (Å²) in [5.74, 6) is -0.0918. The lowest BCUT2D eigenvalue weighted by atomic mass is 9.89. The second-order valence-corrected chi connectivity index (χ2v) is 5.73. The maximum Gasteiger partial charge on any atom is 0.312 e. The molecular weight excluding hydrogens is 242 g/mol. The molecule has 2 amide bonds. The lowest BCUT2D eigenvalue weighted by Gasteiger charge is -2.30. The van der Waals surface area contributed by atoms with Crippen LogP contribution in [0.15, 0.2) is 0 Å². The second-order valence-electron chi connectivity index (χ2n) is 5.73. The molecule has 0 atom stereocenters. The third kappa shape index (κ3) is 3.93. The fourth-order valence-electron chi connectivity index (χ4n) is 3.01. The Kier molecular flexibility index (Phi) is 5.19. The maximum absolute atomic E-state index is 12.1. The minimum atomic E-state index is -0.340. The van der Waals surface area contributed by atoms with Gasteiger partial charge in [0.15, 0.2) is 0 Å². The number of hydrogen-bond donors (Lipinski definition) is 1. The lowest BCUT2D eigenvalue weighted by molar-refractivity contribution is -0.151. The van der Waals surface area contributed by atoms with Crippen LogP contribution in [0.2, 0.25) is 0 Å². The van der Waals surface area contributed by atoms with E-state index in [1.54, 1.807) is 16.8 Å². The summed E-state index contributed by atoms with van der Waals surface area (Å²) in [5, 5.41) is 3.18. The van der Waals surface area contributed by atoms with Crippen LogP contribution in [0.1, 0.15) is 32.1 Å². The molecule has 0 aromatic rings. The van der Waals surface area contributed by atoms with E-state index in [0.29, 0.717) is 19.0 Å². The lowest BCUT2D eigenvalue weighted by Crippen LogP contribution is -2.52. The predicted molar refractivity (Wildman–Crippen MR) is 73.7 cm³/mol. The Morgan fingerprint density at radius 3 is 2.42 bits per heavy atom. The number of carbonyl (C=O) groups is 2. The van der Waals surface area contributed by atoms with Crippen molar-refractivity contribution in [1.29, 1.82) is 0 Å². The normalized spacial score (nSPS) is 21.2. The third-order valence-corrected chi connectivity index (χ3v) is 4.19. The average Bonchev–Trinajstić information content (AvgIpc) is 2.47. The molecule has 1 aliphatic heterocycles. The van der Waals surface area contributed by atoms with E-state index >= 15 is 0 Å². The minimum absolute atomic E-state index is 0.334. The maximum atomic E-state index is 12.1. The summed E-state index contributed by atoms with van der Waals surface area (Å²) in [7, 11) is 1.76. The number of carbonyl (C=O) groups excluding carboxylic acids is 2. The zero-order chi connectivity index (χ0) is 13.7. The van der Waals surface area contributed by atoms with Crippen LogP contribution in [-0.4, -0.2) is 61.4 Å². The van der Waals surface area contributed by atoms with Gasteiger partial charge < -0.3 is 15.1 Å². The number of nitrogens with zero attached hydrogens (tertiary/aromatic N) is 2. The van der Waals surface area contributed by atoms with E-state index in [2.05, 4.69) is 5.32 Å². The van der Waals surface area contributed by atoms with Gasteiger partial charge in [-0.05, 0) is 18.8 Å². The number of rotatable bonds is 2. The van der Waals surface area contributed by atoms with E-state index in [-0.39, 0.29) is 11.8 Å². The molecule has 5 heteroatoms. The monoisotopic (exact) mass is 267 g/mol. The summed E-state index contributed by atoms with van der Waals surface area (Å²) >= 11 is 0. The van der Waals surface area contributed by atoms with Gasteiger partial charge >= 0.3 is 11.8 Å². The van der Waals surface area contributed by atoms with E-state index in [1.165, 1.54) is 32.1 Å². The molecule has 2 rings (SSSR count). The van der Waals surface area contributed by atoms with Gasteiger partial charge in [-0.1, -0.05) is 19.3 Å². The molecule has 5 nitrogen and oxygen atoms in total. The van der Waals surface area contributed by atoms with E-state index in [1.807, 2.05) is 0 Å². The average molecular weight is 267 g/mol. The van der Waals surface area contributed by atoms with Gasteiger partial charge in [0.25, 0.3) is 0 Å². The number of piperazine rings is 1. The summed E-state index contributed by atoms with van der Waals surface area (Å²) in [6, 6.07) is 0. The van der Waals surface area contributed by atoms with E-state index in [9.17, 15) is 9.59 Å². The smallest absolute Gasteiger partial charge is 0.312 e. The first-order valence-electron chi connectivity index (χ1n) is 7.43. The molecule has 0 bridgehead atoms. The molecular formula is C14H25N3O2. The van der Waals surface area contributed by atoms with Gasteiger partial charge in [0, 0.05) is 39.8 Å². The van der Waals surface area contributed by atoms with Crippen molar-refractivity contribution in [3.8, 4) is 0 Å². The zero-order valence-electron chi connectivity index (χ0n) is 11.9. The molecule has 0 radical (unpaired) electrons. The van der Waals surface area contributed by atoms with Gasteiger partial charge in [-0.2, -0.15) is 0 Å². The standard InChI is InChI=1S/C14H25N3O2/c1-16(11-12-5-3-2-4-6-12)13(18)14(19)17-9-7-15-8-10-17/h12,15H,2-11H2,1H3. The molecule has 2 aliphatic rings. The van der Waals surface area contributed by atoms with Crippen LogP contribution in [0.25, 0.3) is 0 Å². The number of hydrogen-bond acceptors (Lipinski definition) is 3. The summed E-state index contributed by atoms with van der Waals surface area (Å²) in [6.07, 6.45) is 6.23. The van der Waals surface area contributed by atoms with Gasteiger partial charge in [0.1, 0.15) is 0 Å². The highest BCUT2D eigenvalue weighted by Crippen LogP contribution is 2.24. The molecule has 1 aliphatic carbocycles. The van der Waals surface area contributed by atoms with E-state index < -0.39 is 0 Å². The topological polar surface area (TPSA) is 52.7 Å². The van der Waals surface area contributed by atoms with E-state index in [0.717, 1.165) is 19.6 Å². The Balaban J connectivity index is 1.81. The van der Waals surface area contributed by atoms with Crippen LogP contribution >= 0.6 is 0 Å². The predicted octanol–water partition coefficient (Wildman–Crippen LogP) is 0.457. The van der Waals surface area contributed by atoms with Crippen LogP contribution in [0.4, 0.5) is 0 Å². The molecule has 1 saturated carbocycles. The minimum Gasteiger partial charge on any atom is -0.337 e. The Labute approximate surface area is 115 Å². The SMILES string of the molecule is CN(CC1CCCCC1)C(=O)C(=O)N1CCNCC1. The van der Waals surface area contributed by atoms with Crippen molar-refractivity contribution in [3.63, 3.8) is 0 Å². The van der Waals surface area contributed by atoms with Crippen molar-refractivity contribution >= 4 is 11.8 Å². The molecule has 1 saturated heterocycles. The fraction of sp³-hybridized carbons (Fsp3) is 0.857. The van der Waals surface area contributed by atoms with Crippen molar-refractivity contribution in [1.82, 2.24) is 15.1 Å². The number of amides is 2. The second kappa shape index (κ2) is 6.89. The number of nitrogens with one attached hydrogen (secondary N) is 1. The van der Waals surface area contributed by atoms with Crippen LogP contribution in [-0.2, 0) is 9.59 Å². The quantitative estimate of drug-likeness (QED) is 0.739. The van der Waals surface area contributed by atoms with E-state index in [4.69, 9.17) is 0 Å². The molecule has 0 unspecified atom stereocenters. The van der Waals surface area contributed by atoms with Gasteiger partial charge in [0.05, 0.1) is 0 Å². The molecule has 0 aromatic carbocycles. The Morgan fingerprint density at radius 2 is 1.79 bits per heavy atom. The highest BCUT2D eigenvalue weighted by molar-refractivity contribution is 6.34. The highest BCUT2D eigenvalue weighted by Gasteiger charge is 2.27. The van der Waals surface area contributed by atoms with Crippen LogP contribution in [0, 0.1) is 5.92 Å². The first-order chi connectivity index (χ1) is 9.18. The zero-order valence-corrected chi connectivity index (χ0v) is 11.9. The fourth-order valence-corrected chi connectivity index (χ4v) is 3.01. The Bertz CT molecular complexity index is 321. The van der Waals surface area contributed by atoms with Crippen molar-refractivity contribution in [3.05, 3.63) is 0 Å². The molecule has 108 valence electrons. The Hall–Kier alpha value is -1.10. The molecule has 0 aromatic heterocycles. The first kappa shape index (κ1) is 14.3. The van der Waals surface area contributed by atoms with Crippen molar-refractivity contribution in [2.24, 2.45) is 5.92 Å². The Morgan fingerprint density at radius 1 is 1.16 bits per heavy atom. The van der Waals surface area contributed by atoms with Crippen molar-refractivity contribution in [2.75, 3.05) is 39.8 Å². The van der Waals surface area contributed by atoms with Crippen molar-refractivity contribution < 1.29 is 9.59 Å². The molecule has 0 spiro atoms. The third-order valence-electron chi connectivity index (χ3n) is 4.19. The number of likely N-dealkylation sites (N-methyl/N-ethyl adjacent to an activating group) is 1. The van der Waals surface area contributed by atoms with Crippen LogP contribution in [0.5, 0.6) is 0 Å². The largest absolute Gasteiger partial charge is 0.337 e. The molecule has 2 fully saturated rings. The highest BCUT2D eigenvalue weighted by atomic mass is 16.2. The molecule has 19 heavy (non-hydrogen) atoms. The van der Waals surface area contributed by atoms with Gasteiger partial charge in [-0.25, -0.2) is 0 Å². The molecule has 1 heterocycles. The summed E-state index contributed by atoms with van der Waals surface area (Å²) in [5.41, 5.74) is 0. The van der Waals surface area contributed by atoms with Gasteiger partial charge in [-0.3, -0.25) is 9.59 Å². The molecule has 1 N–H and O–H groups in total. The summed E-state index contributed by atoms with van der Waals surface area (Å²) in [6.45, 7) is 3.58.